The summed E-state index contributed by atoms with van der Waals surface area (Å²) in [6.07, 6.45) is 3.54. The quantitative estimate of drug-likeness (QED) is 0.634. The van der Waals surface area contributed by atoms with E-state index < -0.39 is 6.03 Å². The van der Waals surface area contributed by atoms with Gasteiger partial charge in [-0.3, -0.25) is 0 Å². The molecule has 0 saturated carbocycles. The van der Waals surface area contributed by atoms with Crippen molar-refractivity contribution in [3.05, 3.63) is 0 Å². The van der Waals surface area contributed by atoms with Crippen LogP contribution in [-0.4, -0.2) is 37.1 Å². The number of nitrogens with zero attached hydrogens (tertiary/aromatic N) is 1. The van der Waals surface area contributed by atoms with Gasteiger partial charge in [0.25, 0.3) is 0 Å². The van der Waals surface area contributed by atoms with Gasteiger partial charge in [0.15, 0.2) is 0 Å². The van der Waals surface area contributed by atoms with Gasteiger partial charge in [-0.25, -0.2) is 4.79 Å². The highest BCUT2D eigenvalue weighted by Gasteiger charge is 2.19. The van der Waals surface area contributed by atoms with E-state index in [1.807, 2.05) is 0 Å². The highest BCUT2D eigenvalue weighted by atomic mass is 16.2. The highest BCUT2D eigenvalue weighted by molar-refractivity contribution is 5.71. The molecule has 1 heterocycles. The third-order valence-electron chi connectivity index (χ3n) is 2.45. The Balaban J connectivity index is 2.10. The van der Waals surface area contributed by atoms with Crippen molar-refractivity contribution in [1.82, 2.24) is 10.2 Å². The first-order valence-corrected chi connectivity index (χ1v) is 4.43. The van der Waals surface area contributed by atoms with Gasteiger partial charge in [-0.2, -0.15) is 0 Å². The number of hydrogen-bond acceptors (Lipinski definition) is 2. The molecule has 4 heteroatoms. The molecule has 1 atom stereocenters. The number of rotatable bonds is 3. The smallest absolute Gasteiger partial charge is 0.312 e. The lowest BCUT2D eigenvalue weighted by molar-refractivity contribution is 0.245. The third kappa shape index (κ3) is 2.70. The number of likely N-dealkylation sites (tertiary alicyclic amines) is 1. The fraction of sp³-hybridized carbons (Fsp3) is 0.875. The van der Waals surface area contributed by atoms with Crippen molar-refractivity contribution in [2.75, 3.05) is 20.1 Å². The van der Waals surface area contributed by atoms with Crippen LogP contribution in [0.15, 0.2) is 0 Å². The molecule has 4 nitrogen and oxygen atoms in total. The molecule has 1 fully saturated rings. The number of carbonyl (C=O) groups is 1. The van der Waals surface area contributed by atoms with E-state index in [1.165, 1.54) is 19.4 Å². The predicted octanol–water partition coefficient (Wildman–Crippen LogP) is 0.139. The molecule has 1 aliphatic rings. The lowest BCUT2D eigenvalue weighted by Gasteiger charge is -2.18. The van der Waals surface area contributed by atoms with Crippen molar-refractivity contribution >= 4 is 6.03 Å². The first-order chi connectivity index (χ1) is 5.70. The Morgan fingerprint density at radius 3 is 3.00 bits per heavy atom. The van der Waals surface area contributed by atoms with E-state index in [-0.39, 0.29) is 0 Å². The van der Waals surface area contributed by atoms with Gasteiger partial charge in [0.1, 0.15) is 0 Å². The number of nitrogens with one attached hydrogen (secondary N) is 1. The number of primary amides is 1. The molecule has 3 N–H and O–H groups in total. The van der Waals surface area contributed by atoms with Crippen LogP contribution in [0.1, 0.15) is 19.3 Å². The second kappa shape index (κ2) is 4.30. The Labute approximate surface area is 73.1 Å². The molecule has 2 amide bonds. The van der Waals surface area contributed by atoms with E-state index in [1.54, 1.807) is 0 Å². The summed E-state index contributed by atoms with van der Waals surface area (Å²) in [7, 11) is 2.13. The van der Waals surface area contributed by atoms with Crippen molar-refractivity contribution in [3.8, 4) is 0 Å². The summed E-state index contributed by atoms with van der Waals surface area (Å²) >= 11 is 0. The summed E-state index contributed by atoms with van der Waals surface area (Å²) in [5.41, 5.74) is 4.95. The fourth-order valence-corrected chi connectivity index (χ4v) is 1.71. The molecule has 1 unspecified atom stereocenters. The Kier molecular flexibility index (Phi) is 3.34. The summed E-state index contributed by atoms with van der Waals surface area (Å²) < 4.78 is 0. The van der Waals surface area contributed by atoms with Crippen LogP contribution in [0.2, 0.25) is 0 Å². The molecule has 70 valence electrons. The van der Waals surface area contributed by atoms with Crippen molar-refractivity contribution in [1.29, 1.82) is 0 Å². The maximum atomic E-state index is 10.4. The summed E-state index contributed by atoms with van der Waals surface area (Å²) in [5, 5.41) is 2.61. The minimum atomic E-state index is -0.421. The van der Waals surface area contributed by atoms with Crippen LogP contribution in [0, 0.1) is 0 Å². The molecule has 0 aromatic rings. The van der Waals surface area contributed by atoms with Gasteiger partial charge >= 0.3 is 6.03 Å². The molecule has 0 spiro atoms. The molecule has 0 aromatic carbocycles. The van der Waals surface area contributed by atoms with E-state index in [2.05, 4.69) is 17.3 Å². The minimum Gasteiger partial charge on any atom is -0.352 e. The van der Waals surface area contributed by atoms with Crippen LogP contribution in [0.25, 0.3) is 0 Å². The van der Waals surface area contributed by atoms with Gasteiger partial charge in [-0.15, -0.1) is 0 Å². The normalized spacial score (nSPS) is 24.2. The first-order valence-electron chi connectivity index (χ1n) is 4.43. The summed E-state index contributed by atoms with van der Waals surface area (Å²) in [4.78, 5) is 12.7. The lowest BCUT2D eigenvalue weighted by Crippen LogP contribution is -2.34. The topological polar surface area (TPSA) is 58.4 Å². The second-order valence-corrected chi connectivity index (χ2v) is 3.36. The van der Waals surface area contributed by atoms with Gasteiger partial charge in [0, 0.05) is 12.6 Å². The first kappa shape index (κ1) is 9.32. The monoisotopic (exact) mass is 171 g/mol. The summed E-state index contributed by atoms with van der Waals surface area (Å²) in [6, 6.07) is 0.215. The van der Waals surface area contributed by atoms with Gasteiger partial charge in [0.2, 0.25) is 0 Å². The van der Waals surface area contributed by atoms with Crippen LogP contribution < -0.4 is 11.1 Å². The van der Waals surface area contributed by atoms with Crippen molar-refractivity contribution < 1.29 is 4.79 Å². The Bertz CT molecular complexity index is 160. The number of urea groups is 1. The number of amides is 2. The van der Waals surface area contributed by atoms with Crippen LogP contribution in [0.5, 0.6) is 0 Å². The van der Waals surface area contributed by atoms with Gasteiger partial charge in [-0.1, -0.05) is 0 Å². The third-order valence-corrected chi connectivity index (χ3v) is 2.45. The zero-order chi connectivity index (χ0) is 8.97. The Morgan fingerprint density at radius 1 is 1.75 bits per heavy atom. The Morgan fingerprint density at radius 2 is 2.50 bits per heavy atom. The van der Waals surface area contributed by atoms with Crippen molar-refractivity contribution in [2.24, 2.45) is 5.73 Å². The van der Waals surface area contributed by atoms with Crippen LogP contribution in [0.4, 0.5) is 4.79 Å². The molecule has 0 aliphatic carbocycles. The molecule has 1 saturated heterocycles. The fourth-order valence-electron chi connectivity index (χ4n) is 1.71. The maximum absolute atomic E-state index is 10.4. The molecule has 0 radical (unpaired) electrons. The second-order valence-electron chi connectivity index (χ2n) is 3.36. The number of nitrogens with two attached hydrogens (primary N) is 1. The van der Waals surface area contributed by atoms with E-state index in [0.29, 0.717) is 12.6 Å². The van der Waals surface area contributed by atoms with Gasteiger partial charge in [0.05, 0.1) is 0 Å². The number of hydrogen-bond donors (Lipinski definition) is 2. The largest absolute Gasteiger partial charge is 0.352 e. The number of carbonyl (C=O) groups excluding carboxylic acids is 1. The maximum Gasteiger partial charge on any atom is 0.312 e. The van der Waals surface area contributed by atoms with Crippen molar-refractivity contribution in [2.45, 2.75) is 25.3 Å². The van der Waals surface area contributed by atoms with E-state index in [4.69, 9.17) is 5.73 Å². The zero-order valence-corrected chi connectivity index (χ0v) is 7.55. The summed E-state index contributed by atoms with van der Waals surface area (Å²) in [5.74, 6) is 0. The van der Waals surface area contributed by atoms with Crippen LogP contribution in [-0.2, 0) is 0 Å². The average molecular weight is 171 g/mol. The van der Waals surface area contributed by atoms with Gasteiger partial charge < -0.3 is 16.0 Å². The van der Waals surface area contributed by atoms with E-state index >= 15 is 0 Å². The van der Waals surface area contributed by atoms with Crippen molar-refractivity contribution in [3.63, 3.8) is 0 Å². The molecular formula is C8H17N3O. The molecule has 0 aromatic heterocycles. The molecule has 1 aliphatic heterocycles. The minimum absolute atomic E-state index is 0.421. The SMILES string of the molecule is CN1CCCC1CCNC(N)=O. The standard InChI is InChI=1S/C8H17N3O/c1-11-6-2-3-7(11)4-5-10-8(9)12/h7H,2-6H2,1H3,(H3,9,10,12). The van der Waals surface area contributed by atoms with Crippen LogP contribution in [0.3, 0.4) is 0 Å². The van der Waals surface area contributed by atoms with Crippen LogP contribution >= 0.6 is 0 Å². The summed E-state index contributed by atoms with van der Waals surface area (Å²) in [6.45, 7) is 1.88. The average Bonchev–Trinajstić information content (AvgIpc) is 2.36. The lowest BCUT2D eigenvalue weighted by atomic mass is 10.1. The highest BCUT2D eigenvalue weighted by Crippen LogP contribution is 2.16. The predicted molar refractivity (Wildman–Crippen MR) is 47.9 cm³/mol. The molecule has 1 rings (SSSR count). The van der Waals surface area contributed by atoms with E-state index in [0.717, 1.165) is 6.42 Å². The molecule has 0 bridgehead atoms. The van der Waals surface area contributed by atoms with Gasteiger partial charge in [-0.05, 0) is 32.9 Å². The molecule has 12 heavy (non-hydrogen) atoms. The Hall–Kier alpha value is -0.770. The molecular weight excluding hydrogens is 154 g/mol. The zero-order valence-electron chi connectivity index (χ0n) is 7.55. The van der Waals surface area contributed by atoms with E-state index in [9.17, 15) is 4.79 Å².